The summed E-state index contributed by atoms with van der Waals surface area (Å²) in [6, 6.07) is 13.1. The molecule has 0 saturated heterocycles. The highest BCUT2D eigenvalue weighted by Gasteiger charge is 2.17. The molecular formula is C35H41Cl2N7O6. The number of urea groups is 1. The van der Waals surface area contributed by atoms with Crippen LogP contribution in [0.3, 0.4) is 0 Å². The monoisotopic (exact) mass is 725 g/mol. The quantitative estimate of drug-likeness (QED) is 0.0925. The van der Waals surface area contributed by atoms with E-state index in [2.05, 4.69) is 30.9 Å². The molecule has 0 bridgehead atoms. The van der Waals surface area contributed by atoms with Crippen LogP contribution in [0.25, 0.3) is 22.4 Å². The zero-order valence-electron chi connectivity index (χ0n) is 27.9. The normalized spacial score (nSPS) is 11.0. The number of rotatable bonds is 17. The van der Waals surface area contributed by atoms with E-state index in [1.807, 2.05) is 31.3 Å². The lowest BCUT2D eigenvalue weighted by Crippen LogP contribution is -2.29. The van der Waals surface area contributed by atoms with Crippen LogP contribution in [0.4, 0.5) is 16.2 Å². The number of aryl methyl sites for hydroxylation is 1. The topological polar surface area (TPSA) is 171 Å². The maximum Gasteiger partial charge on any atom is 0.323 e. The van der Waals surface area contributed by atoms with E-state index < -0.39 is 11.6 Å². The predicted octanol–water partition coefficient (Wildman–Crippen LogP) is 5.14. The summed E-state index contributed by atoms with van der Waals surface area (Å²) in [6.45, 7) is 4.03. The van der Waals surface area contributed by atoms with Crippen molar-refractivity contribution >= 4 is 46.5 Å². The Balaban J connectivity index is 1.56. The molecule has 0 aliphatic heterocycles. The first-order valence-electron chi connectivity index (χ1n) is 16.2. The molecule has 0 saturated carbocycles. The molecule has 2 aromatic heterocycles. The van der Waals surface area contributed by atoms with Crippen LogP contribution in [0.5, 0.6) is 5.75 Å². The number of ether oxygens (including phenoxy) is 1. The van der Waals surface area contributed by atoms with E-state index in [1.54, 1.807) is 25.1 Å². The molecule has 0 unspecified atom stereocenters. The molecule has 5 N–H and O–H groups in total. The number of nitrogens with one attached hydrogen (secondary N) is 3. The van der Waals surface area contributed by atoms with Crippen LogP contribution in [0.2, 0.25) is 10.0 Å². The zero-order valence-corrected chi connectivity index (χ0v) is 29.4. The minimum atomic E-state index is -0.739. The zero-order chi connectivity index (χ0) is 36.0. The minimum absolute atomic E-state index is 0.0242. The lowest BCUT2D eigenvalue weighted by atomic mass is 9.98. The van der Waals surface area contributed by atoms with Gasteiger partial charge in [-0.3, -0.25) is 14.6 Å². The van der Waals surface area contributed by atoms with Crippen molar-refractivity contribution in [1.29, 1.82) is 0 Å². The van der Waals surface area contributed by atoms with E-state index in [-0.39, 0.29) is 53.7 Å². The van der Waals surface area contributed by atoms with Crippen molar-refractivity contribution in [3.63, 3.8) is 0 Å². The van der Waals surface area contributed by atoms with Crippen LogP contribution >= 0.6 is 23.2 Å². The highest BCUT2D eigenvalue weighted by molar-refractivity contribution is 6.39. The molecule has 0 spiro atoms. The third-order valence-corrected chi connectivity index (χ3v) is 8.23. The molecule has 0 radical (unpaired) electrons. The lowest BCUT2D eigenvalue weighted by molar-refractivity contribution is 0.0952. The second kappa shape index (κ2) is 19.0. The van der Waals surface area contributed by atoms with E-state index in [9.17, 15) is 19.5 Å². The first-order valence-corrected chi connectivity index (χ1v) is 17.0. The molecule has 4 rings (SSSR count). The minimum Gasteiger partial charge on any atom is -0.491 e. The number of nitrogens with zero attached hydrogens (tertiary/aromatic N) is 4. The van der Waals surface area contributed by atoms with Crippen LogP contribution in [0, 0.1) is 0 Å². The van der Waals surface area contributed by atoms with Crippen LogP contribution in [-0.4, -0.2) is 88.3 Å². The highest BCUT2D eigenvalue weighted by Crippen LogP contribution is 2.34. The van der Waals surface area contributed by atoms with Crippen molar-refractivity contribution in [2.75, 3.05) is 57.1 Å². The van der Waals surface area contributed by atoms with Gasteiger partial charge in [-0.15, -0.1) is 0 Å². The van der Waals surface area contributed by atoms with Crippen molar-refractivity contribution in [3.8, 4) is 28.1 Å². The summed E-state index contributed by atoms with van der Waals surface area (Å²) in [6.07, 6.45) is 5.39. The van der Waals surface area contributed by atoms with Crippen LogP contribution < -0.4 is 26.2 Å². The van der Waals surface area contributed by atoms with Gasteiger partial charge < -0.3 is 35.8 Å². The van der Waals surface area contributed by atoms with Gasteiger partial charge in [0, 0.05) is 48.7 Å². The molecule has 13 nitrogen and oxygen atoms in total. The van der Waals surface area contributed by atoms with E-state index in [0.717, 1.165) is 25.8 Å². The number of likely N-dealkylation sites (N-methyl/N-ethyl adjacent to an activating group) is 1. The Hall–Kier alpha value is -4.53. The summed E-state index contributed by atoms with van der Waals surface area (Å²) in [7, 11) is 1.97. The van der Waals surface area contributed by atoms with Gasteiger partial charge in [-0.25, -0.2) is 9.48 Å². The van der Waals surface area contributed by atoms with Gasteiger partial charge >= 0.3 is 6.03 Å². The summed E-state index contributed by atoms with van der Waals surface area (Å²) < 4.78 is 7.06. The molecule has 2 aromatic carbocycles. The molecule has 266 valence electrons. The largest absolute Gasteiger partial charge is 0.491 e. The number of amides is 3. The Bertz CT molecular complexity index is 1820. The van der Waals surface area contributed by atoms with E-state index in [1.165, 1.54) is 23.1 Å². The third-order valence-electron chi connectivity index (χ3n) is 7.66. The average Bonchev–Trinajstić information content (AvgIpc) is 3.11. The first kappa shape index (κ1) is 38.3. The summed E-state index contributed by atoms with van der Waals surface area (Å²) >= 11 is 12.3. The van der Waals surface area contributed by atoms with Gasteiger partial charge in [-0.1, -0.05) is 47.8 Å². The van der Waals surface area contributed by atoms with Gasteiger partial charge in [0.2, 0.25) is 0 Å². The Kier molecular flexibility index (Phi) is 14.6. The summed E-state index contributed by atoms with van der Waals surface area (Å²) in [4.78, 5) is 45.1. The Morgan fingerprint density at radius 2 is 1.70 bits per heavy atom. The lowest BCUT2D eigenvalue weighted by Gasteiger charge is -2.15. The number of carbonyl (C=O) groups is 2. The Morgan fingerprint density at radius 1 is 0.940 bits per heavy atom. The number of benzene rings is 2. The van der Waals surface area contributed by atoms with Crippen molar-refractivity contribution in [3.05, 3.63) is 86.9 Å². The van der Waals surface area contributed by atoms with E-state index >= 15 is 0 Å². The number of anilines is 2. The fourth-order valence-electron chi connectivity index (χ4n) is 5.08. The molecule has 0 fully saturated rings. The first-order chi connectivity index (χ1) is 24.1. The van der Waals surface area contributed by atoms with Gasteiger partial charge in [0.25, 0.3) is 11.5 Å². The number of aromatic nitrogens is 3. The summed E-state index contributed by atoms with van der Waals surface area (Å²) in [5, 5.41) is 31.3. The molecule has 15 heteroatoms. The van der Waals surface area contributed by atoms with Gasteiger partial charge in [0.05, 0.1) is 34.6 Å². The molecule has 0 aliphatic carbocycles. The fraction of sp³-hybridized carbons (Fsp3) is 0.343. The van der Waals surface area contributed by atoms with Crippen LogP contribution in [0.1, 0.15) is 36.5 Å². The van der Waals surface area contributed by atoms with Crippen molar-refractivity contribution < 1.29 is 24.5 Å². The van der Waals surface area contributed by atoms with Gasteiger partial charge in [0.15, 0.2) is 0 Å². The number of hydrogen-bond acceptors (Lipinski definition) is 9. The highest BCUT2D eigenvalue weighted by atomic mass is 35.5. The SMILES string of the molecule is CCn1nc(-c2cccc(-c3cc(C(=O)NCCCCCN(C)CCO)ccc3OCCO)c2)cc(NC(=O)Nc2c(Cl)cncc2Cl)c1=O. The van der Waals surface area contributed by atoms with Gasteiger partial charge in [-0.05, 0) is 69.3 Å². The van der Waals surface area contributed by atoms with Gasteiger partial charge in [-0.2, -0.15) is 5.10 Å². The van der Waals surface area contributed by atoms with Crippen molar-refractivity contribution in [1.82, 2.24) is 25.0 Å². The molecule has 50 heavy (non-hydrogen) atoms. The number of halogens is 2. The summed E-state index contributed by atoms with van der Waals surface area (Å²) in [5.41, 5.74) is 2.39. The number of hydrogen-bond donors (Lipinski definition) is 5. The van der Waals surface area contributed by atoms with Crippen LogP contribution in [0.15, 0.2) is 65.7 Å². The third kappa shape index (κ3) is 10.5. The average molecular weight is 727 g/mol. The molecule has 2 heterocycles. The Labute approximate surface area is 300 Å². The van der Waals surface area contributed by atoms with Crippen LogP contribution in [-0.2, 0) is 6.54 Å². The van der Waals surface area contributed by atoms with E-state index in [0.29, 0.717) is 46.8 Å². The molecule has 4 aromatic rings. The molecule has 0 aliphatic rings. The standard InChI is InChI=1S/C35H41Cl2N7O6/c1-3-44-34(48)30(40-35(49)41-32-27(36)21-38-22-28(32)37)20-29(42-44)24-9-7-8-23(18-24)26-19-25(10-11-31(26)50-17-16-46)33(47)39-12-5-4-6-13-43(2)14-15-45/h7-11,18-22,45-46H,3-6,12-17H2,1-2H3,(H,39,47)(H2,38,40,41,49). The maximum atomic E-state index is 13.1. The molecular weight excluding hydrogens is 685 g/mol. The number of unbranched alkanes of at least 4 members (excludes halogenated alkanes) is 2. The number of carbonyl (C=O) groups excluding carboxylic acids is 2. The predicted molar refractivity (Wildman–Crippen MR) is 195 cm³/mol. The van der Waals surface area contributed by atoms with Crippen molar-refractivity contribution in [2.24, 2.45) is 0 Å². The number of aliphatic hydroxyl groups is 2. The molecule has 0 atom stereocenters. The fourth-order valence-corrected chi connectivity index (χ4v) is 5.54. The van der Waals surface area contributed by atoms with E-state index in [4.69, 9.17) is 33.0 Å². The molecule has 3 amide bonds. The second-order valence-corrected chi connectivity index (χ2v) is 12.1. The maximum absolute atomic E-state index is 13.1. The second-order valence-electron chi connectivity index (χ2n) is 11.3. The smallest absolute Gasteiger partial charge is 0.323 e. The van der Waals surface area contributed by atoms with Gasteiger partial charge in [0.1, 0.15) is 18.0 Å². The summed E-state index contributed by atoms with van der Waals surface area (Å²) in [5.74, 6) is 0.243. The Morgan fingerprint density at radius 3 is 2.42 bits per heavy atom. The number of pyridine rings is 1. The van der Waals surface area contributed by atoms with Crippen molar-refractivity contribution in [2.45, 2.75) is 32.7 Å². The number of aliphatic hydroxyl groups excluding tert-OH is 2.